The molecule has 3 aromatic rings. The fourth-order valence-corrected chi connectivity index (χ4v) is 3.60. The molecule has 1 aliphatic heterocycles. The molecular formula is C22H22O11. The maximum Gasteiger partial charge on any atom is 0.229 e. The smallest absolute Gasteiger partial charge is 0.229 e. The van der Waals surface area contributed by atoms with E-state index in [9.17, 15) is 35.4 Å². The molecule has 0 unspecified atom stereocenters. The van der Waals surface area contributed by atoms with Crippen LogP contribution in [-0.4, -0.2) is 68.5 Å². The SMILES string of the molecule is COc1c(O[C@@H]2O[C@H](C)[C@@H](O)[C@H](O)[C@H]2O)cc2oc(-c3ccc(O)c(O)c3)cc(=O)c2c1O. The van der Waals surface area contributed by atoms with Crippen molar-refractivity contribution >= 4 is 11.0 Å². The lowest BCUT2D eigenvalue weighted by atomic mass is 10.00. The number of aliphatic hydroxyl groups excluding tert-OH is 3. The van der Waals surface area contributed by atoms with Gasteiger partial charge in [0.25, 0.3) is 0 Å². The van der Waals surface area contributed by atoms with Crippen molar-refractivity contribution in [2.45, 2.75) is 37.6 Å². The van der Waals surface area contributed by atoms with Crippen molar-refractivity contribution in [3.8, 4) is 40.1 Å². The number of hydrogen-bond acceptors (Lipinski definition) is 11. The summed E-state index contributed by atoms with van der Waals surface area (Å²) in [5, 5.41) is 59.8. The number of benzene rings is 2. The first-order valence-electron chi connectivity index (χ1n) is 9.88. The van der Waals surface area contributed by atoms with Crippen molar-refractivity contribution in [1.29, 1.82) is 0 Å². The van der Waals surface area contributed by atoms with Crippen LogP contribution in [0.3, 0.4) is 0 Å². The third-order valence-corrected chi connectivity index (χ3v) is 5.43. The van der Waals surface area contributed by atoms with Gasteiger partial charge in [0.2, 0.25) is 12.0 Å². The Morgan fingerprint density at radius 1 is 0.939 bits per heavy atom. The number of aliphatic hydroxyl groups is 3. The Bertz CT molecular complexity index is 1250. The predicted octanol–water partition coefficient (Wildman–Crippen LogP) is 0.792. The molecule has 0 amide bonds. The average molecular weight is 462 g/mol. The van der Waals surface area contributed by atoms with Crippen LogP contribution in [0.5, 0.6) is 28.7 Å². The zero-order valence-corrected chi connectivity index (χ0v) is 17.5. The average Bonchev–Trinajstić information content (AvgIpc) is 2.77. The van der Waals surface area contributed by atoms with Gasteiger partial charge in [0.15, 0.2) is 28.4 Å². The topological polar surface area (TPSA) is 179 Å². The summed E-state index contributed by atoms with van der Waals surface area (Å²) in [6, 6.07) is 6.16. The number of hydrogen-bond donors (Lipinski definition) is 6. The van der Waals surface area contributed by atoms with Gasteiger partial charge in [-0.1, -0.05) is 0 Å². The maximum atomic E-state index is 12.7. The van der Waals surface area contributed by atoms with Crippen molar-refractivity contribution in [1.82, 2.24) is 0 Å². The third-order valence-electron chi connectivity index (χ3n) is 5.43. The minimum Gasteiger partial charge on any atom is -0.504 e. The predicted molar refractivity (Wildman–Crippen MR) is 112 cm³/mol. The Morgan fingerprint density at radius 2 is 1.67 bits per heavy atom. The quantitative estimate of drug-likeness (QED) is 0.302. The van der Waals surface area contributed by atoms with Crippen LogP contribution in [0, 0.1) is 0 Å². The molecule has 33 heavy (non-hydrogen) atoms. The fraction of sp³-hybridized carbons (Fsp3) is 0.318. The highest BCUT2D eigenvalue weighted by Gasteiger charge is 2.43. The summed E-state index contributed by atoms with van der Waals surface area (Å²) < 4.78 is 21.9. The molecule has 1 aliphatic rings. The van der Waals surface area contributed by atoms with Crippen molar-refractivity contribution in [3.05, 3.63) is 40.6 Å². The summed E-state index contributed by atoms with van der Waals surface area (Å²) in [6.45, 7) is 1.48. The van der Waals surface area contributed by atoms with Gasteiger partial charge >= 0.3 is 0 Å². The molecule has 0 spiro atoms. The van der Waals surface area contributed by atoms with E-state index in [1.54, 1.807) is 0 Å². The Morgan fingerprint density at radius 3 is 2.33 bits per heavy atom. The second-order valence-corrected chi connectivity index (χ2v) is 7.61. The largest absolute Gasteiger partial charge is 0.504 e. The standard InChI is InChI=1S/C22H22O11/c1-8-17(26)19(28)20(29)22(31-8)33-15-7-14-16(18(27)21(15)30-2)12(25)6-13(32-14)9-3-4-10(23)11(24)5-9/h3-8,17,19-20,22-24,26-29H,1-2H3/t8-,17-,19+,20-,22+/m1/s1. The van der Waals surface area contributed by atoms with Crippen LogP contribution in [0.4, 0.5) is 0 Å². The first kappa shape index (κ1) is 22.7. The first-order chi connectivity index (χ1) is 15.6. The van der Waals surface area contributed by atoms with Crippen LogP contribution < -0.4 is 14.9 Å². The van der Waals surface area contributed by atoms with E-state index < -0.39 is 47.6 Å². The molecule has 0 saturated carbocycles. The van der Waals surface area contributed by atoms with Gasteiger partial charge in [-0.05, 0) is 25.1 Å². The summed E-state index contributed by atoms with van der Waals surface area (Å²) in [5.41, 5.74) is -0.460. The lowest BCUT2D eigenvalue weighted by Crippen LogP contribution is -2.58. The Labute approximate surface area is 186 Å². The number of phenolic OH excluding ortho intramolecular Hbond substituents is 3. The highest BCUT2D eigenvalue weighted by atomic mass is 16.7. The summed E-state index contributed by atoms with van der Waals surface area (Å²) >= 11 is 0. The van der Waals surface area contributed by atoms with E-state index in [4.69, 9.17) is 18.6 Å². The Hall–Kier alpha value is -3.51. The van der Waals surface area contributed by atoms with E-state index in [0.29, 0.717) is 0 Å². The van der Waals surface area contributed by atoms with E-state index in [2.05, 4.69) is 0 Å². The maximum absolute atomic E-state index is 12.7. The monoisotopic (exact) mass is 462 g/mol. The second kappa shape index (κ2) is 8.45. The Kier molecular flexibility index (Phi) is 5.80. The molecule has 6 N–H and O–H groups in total. The van der Waals surface area contributed by atoms with Gasteiger partial charge in [-0.3, -0.25) is 4.79 Å². The van der Waals surface area contributed by atoms with Crippen molar-refractivity contribution in [2.75, 3.05) is 7.11 Å². The highest BCUT2D eigenvalue weighted by Crippen LogP contribution is 2.43. The van der Waals surface area contributed by atoms with Crippen LogP contribution in [0.15, 0.2) is 39.5 Å². The van der Waals surface area contributed by atoms with E-state index >= 15 is 0 Å². The van der Waals surface area contributed by atoms with E-state index in [1.807, 2.05) is 0 Å². The molecule has 11 heteroatoms. The summed E-state index contributed by atoms with van der Waals surface area (Å²) in [7, 11) is 1.22. The van der Waals surface area contributed by atoms with Gasteiger partial charge in [-0.15, -0.1) is 0 Å². The number of methoxy groups -OCH3 is 1. The van der Waals surface area contributed by atoms with Gasteiger partial charge in [0.1, 0.15) is 35.0 Å². The van der Waals surface area contributed by atoms with Crippen LogP contribution in [-0.2, 0) is 4.74 Å². The van der Waals surface area contributed by atoms with Gasteiger partial charge < -0.3 is 49.3 Å². The van der Waals surface area contributed by atoms with Crippen LogP contribution in [0.1, 0.15) is 6.92 Å². The van der Waals surface area contributed by atoms with Crippen LogP contribution in [0.25, 0.3) is 22.3 Å². The fourth-order valence-electron chi connectivity index (χ4n) is 3.60. The molecule has 2 heterocycles. The minimum absolute atomic E-state index is 0.0273. The molecular weight excluding hydrogens is 440 g/mol. The molecule has 1 fully saturated rings. The van der Waals surface area contributed by atoms with E-state index in [-0.39, 0.29) is 39.5 Å². The Balaban J connectivity index is 1.81. The van der Waals surface area contributed by atoms with Gasteiger partial charge in [-0.25, -0.2) is 0 Å². The molecule has 0 radical (unpaired) electrons. The molecule has 1 saturated heterocycles. The number of aromatic hydroxyl groups is 3. The van der Waals surface area contributed by atoms with Crippen LogP contribution in [0.2, 0.25) is 0 Å². The zero-order chi connectivity index (χ0) is 24.0. The highest BCUT2D eigenvalue weighted by molar-refractivity contribution is 5.89. The van der Waals surface area contributed by atoms with E-state index in [1.165, 1.54) is 38.3 Å². The molecule has 5 atom stereocenters. The molecule has 0 aliphatic carbocycles. The van der Waals surface area contributed by atoms with Crippen molar-refractivity contribution in [3.63, 3.8) is 0 Å². The molecule has 2 aromatic carbocycles. The summed E-state index contributed by atoms with van der Waals surface area (Å²) in [5.74, 6) is -1.75. The number of fused-ring (bicyclic) bond motifs is 1. The summed E-state index contributed by atoms with van der Waals surface area (Å²) in [6.07, 6.45) is -6.83. The molecule has 1 aromatic heterocycles. The lowest BCUT2D eigenvalue weighted by molar-refractivity contribution is -0.268. The number of ether oxygens (including phenoxy) is 3. The second-order valence-electron chi connectivity index (χ2n) is 7.61. The van der Waals surface area contributed by atoms with Gasteiger partial charge in [0.05, 0.1) is 13.2 Å². The first-order valence-corrected chi connectivity index (χ1v) is 9.88. The minimum atomic E-state index is -1.63. The molecule has 0 bridgehead atoms. The molecule has 11 nitrogen and oxygen atoms in total. The van der Waals surface area contributed by atoms with Crippen molar-refractivity contribution in [2.24, 2.45) is 0 Å². The van der Waals surface area contributed by atoms with Crippen LogP contribution >= 0.6 is 0 Å². The molecule has 176 valence electrons. The van der Waals surface area contributed by atoms with Gasteiger partial charge in [-0.2, -0.15) is 0 Å². The van der Waals surface area contributed by atoms with E-state index in [0.717, 1.165) is 6.07 Å². The summed E-state index contributed by atoms with van der Waals surface area (Å²) in [4.78, 5) is 12.7. The number of phenols is 3. The normalized spacial score (nSPS) is 25.2. The van der Waals surface area contributed by atoms with Crippen molar-refractivity contribution < 1.29 is 49.3 Å². The zero-order valence-electron chi connectivity index (χ0n) is 17.5. The number of rotatable bonds is 4. The molecule has 4 rings (SSSR count). The lowest BCUT2D eigenvalue weighted by Gasteiger charge is -2.39. The third kappa shape index (κ3) is 3.91. The van der Waals surface area contributed by atoms with Gasteiger partial charge in [0, 0.05) is 17.7 Å².